The molecule has 20 heavy (non-hydrogen) atoms. The van der Waals surface area contributed by atoms with Gasteiger partial charge in [-0.15, -0.1) is 0 Å². The van der Waals surface area contributed by atoms with Gasteiger partial charge in [-0.3, -0.25) is 0 Å². The molecule has 0 aliphatic carbocycles. The maximum absolute atomic E-state index is 11.0. The molecule has 6 nitrogen and oxygen atoms in total. The summed E-state index contributed by atoms with van der Waals surface area (Å²) in [6.45, 7) is 2.42. The van der Waals surface area contributed by atoms with E-state index in [9.17, 15) is 4.79 Å². The smallest absolute Gasteiger partial charge is 0.337 e. The van der Waals surface area contributed by atoms with Crippen LogP contribution in [0, 0.1) is 0 Å². The van der Waals surface area contributed by atoms with Crippen LogP contribution in [0.15, 0.2) is 30.6 Å². The van der Waals surface area contributed by atoms with Crippen LogP contribution in [0.3, 0.4) is 0 Å². The minimum atomic E-state index is -1.11. The van der Waals surface area contributed by atoms with Crippen LogP contribution in [0.4, 0.5) is 11.5 Å². The van der Waals surface area contributed by atoms with E-state index in [0.717, 1.165) is 0 Å². The van der Waals surface area contributed by atoms with E-state index < -0.39 is 5.97 Å². The molecule has 0 aliphatic rings. The average molecular weight is 294 g/mol. The number of nitrogens with one attached hydrogen (secondary N) is 1. The van der Waals surface area contributed by atoms with Crippen molar-refractivity contribution in [3.8, 4) is 5.88 Å². The lowest BCUT2D eigenvalue weighted by Gasteiger charge is -2.07. The number of pyridine rings is 2. The molecule has 2 aromatic heterocycles. The third-order valence-corrected chi connectivity index (χ3v) is 2.69. The summed E-state index contributed by atoms with van der Waals surface area (Å²) in [4.78, 5) is 19.1. The molecule has 0 atom stereocenters. The Morgan fingerprint density at radius 2 is 2.20 bits per heavy atom. The highest BCUT2D eigenvalue weighted by Crippen LogP contribution is 2.21. The van der Waals surface area contributed by atoms with Gasteiger partial charge < -0.3 is 15.2 Å². The molecule has 2 rings (SSSR count). The molecule has 2 N–H and O–H groups in total. The van der Waals surface area contributed by atoms with Gasteiger partial charge in [-0.25, -0.2) is 14.8 Å². The third-order valence-electron chi connectivity index (χ3n) is 2.39. The minimum Gasteiger partial charge on any atom is -0.478 e. The largest absolute Gasteiger partial charge is 0.478 e. The SMILES string of the molecule is CCOc1ccc(Nc2cc(C(=O)O)c(Cl)cn2)cn1. The summed E-state index contributed by atoms with van der Waals surface area (Å²) in [7, 11) is 0. The molecule has 2 heterocycles. The van der Waals surface area contributed by atoms with Gasteiger partial charge in [0.1, 0.15) is 5.82 Å². The van der Waals surface area contributed by atoms with Crippen LogP contribution in [0.1, 0.15) is 17.3 Å². The molecule has 2 aromatic rings. The zero-order valence-corrected chi connectivity index (χ0v) is 11.4. The maximum Gasteiger partial charge on any atom is 0.337 e. The summed E-state index contributed by atoms with van der Waals surface area (Å²) < 4.78 is 5.23. The number of nitrogens with zero attached hydrogens (tertiary/aromatic N) is 2. The summed E-state index contributed by atoms with van der Waals surface area (Å²) in [5, 5.41) is 12.0. The molecular weight excluding hydrogens is 282 g/mol. The number of ether oxygens (including phenoxy) is 1. The Labute approximate surface area is 120 Å². The van der Waals surface area contributed by atoms with E-state index in [1.807, 2.05) is 6.92 Å². The number of anilines is 2. The third kappa shape index (κ3) is 3.36. The van der Waals surface area contributed by atoms with Crippen LogP contribution in [0.5, 0.6) is 5.88 Å². The fourth-order valence-electron chi connectivity index (χ4n) is 1.51. The molecular formula is C13H12ClN3O3. The summed E-state index contributed by atoms with van der Waals surface area (Å²) in [5.74, 6) is -0.212. The van der Waals surface area contributed by atoms with E-state index in [2.05, 4.69) is 15.3 Å². The molecule has 104 valence electrons. The van der Waals surface area contributed by atoms with Crippen molar-refractivity contribution < 1.29 is 14.6 Å². The van der Waals surface area contributed by atoms with Gasteiger partial charge in [0.2, 0.25) is 5.88 Å². The van der Waals surface area contributed by atoms with Crippen LogP contribution in [0.25, 0.3) is 0 Å². The molecule has 0 saturated carbocycles. The lowest BCUT2D eigenvalue weighted by molar-refractivity contribution is 0.0697. The van der Waals surface area contributed by atoms with Crippen LogP contribution in [0.2, 0.25) is 5.02 Å². The average Bonchev–Trinajstić information content (AvgIpc) is 2.43. The molecule has 0 unspecified atom stereocenters. The van der Waals surface area contributed by atoms with E-state index in [1.165, 1.54) is 12.3 Å². The Hall–Kier alpha value is -2.34. The van der Waals surface area contributed by atoms with Gasteiger partial charge >= 0.3 is 5.97 Å². The fourth-order valence-corrected chi connectivity index (χ4v) is 1.69. The number of aromatic carboxylic acids is 1. The Morgan fingerprint density at radius 3 is 2.80 bits per heavy atom. The number of carbonyl (C=O) groups is 1. The molecule has 0 bridgehead atoms. The number of carboxylic acids is 1. The topological polar surface area (TPSA) is 84.3 Å². The monoisotopic (exact) mass is 293 g/mol. The number of hydrogen-bond donors (Lipinski definition) is 2. The van der Waals surface area contributed by atoms with Crippen molar-refractivity contribution in [3.63, 3.8) is 0 Å². The van der Waals surface area contributed by atoms with E-state index in [1.54, 1.807) is 18.3 Å². The van der Waals surface area contributed by atoms with Gasteiger partial charge in [0.25, 0.3) is 0 Å². The quantitative estimate of drug-likeness (QED) is 0.881. The number of carboxylic acid groups (broad SMARTS) is 1. The van der Waals surface area contributed by atoms with Gasteiger partial charge in [-0.2, -0.15) is 0 Å². The second kappa shape index (κ2) is 6.21. The van der Waals surface area contributed by atoms with E-state index in [-0.39, 0.29) is 10.6 Å². The summed E-state index contributed by atoms with van der Waals surface area (Å²) in [5.41, 5.74) is 0.655. The zero-order chi connectivity index (χ0) is 14.5. The number of aromatic nitrogens is 2. The lowest BCUT2D eigenvalue weighted by Crippen LogP contribution is -2.01. The zero-order valence-electron chi connectivity index (χ0n) is 10.6. The first-order chi connectivity index (χ1) is 9.60. The van der Waals surface area contributed by atoms with Gasteiger partial charge in [-0.05, 0) is 19.1 Å². The van der Waals surface area contributed by atoms with E-state index >= 15 is 0 Å². The molecule has 0 aromatic carbocycles. The van der Waals surface area contributed by atoms with Crippen LogP contribution in [-0.2, 0) is 0 Å². The van der Waals surface area contributed by atoms with E-state index in [0.29, 0.717) is 24.0 Å². The fraction of sp³-hybridized carbons (Fsp3) is 0.154. The van der Waals surface area contributed by atoms with Crippen molar-refractivity contribution in [3.05, 3.63) is 41.2 Å². The van der Waals surface area contributed by atoms with Gasteiger partial charge in [0.05, 0.1) is 29.1 Å². The standard InChI is InChI=1S/C13H12ClN3O3/c1-2-20-12-4-3-8(6-16-12)17-11-5-9(13(18)19)10(14)7-15-11/h3-7H,2H2,1H3,(H,15,17)(H,18,19). The first-order valence-corrected chi connectivity index (χ1v) is 6.22. The van der Waals surface area contributed by atoms with Crippen molar-refractivity contribution in [2.75, 3.05) is 11.9 Å². The second-order valence-corrected chi connectivity index (χ2v) is 4.20. The number of halogens is 1. The number of hydrogen-bond acceptors (Lipinski definition) is 5. The van der Waals surface area contributed by atoms with Crippen LogP contribution < -0.4 is 10.1 Å². The van der Waals surface area contributed by atoms with Gasteiger partial charge in [0, 0.05) is 12.3 Å². The molecule has 0 radical (unpaired) electrons. The van der Waals surface area contributed by atoms with Crippen molar-refractivity contribution in [2.24, 2.45) is 0 Å². The van der Waals surface area contributed by atoms with Crippen LogP contribution >= 0.6 is 11.6 Å². The second-order valence-electron chi connectivity index (χ2n) is 3.80. The lowest BCUT2D eigenvalue weighted by atomic mass is 10.2. The molecule has 0 fully saturated rings. The predicted octanol–water partition coefficient (Wildman–Crippen LogP) is 2.97. The maximum atomic E-state index is 11.0. The Morgan fingerprint density at radius 1 is 1.40 bits per heavy atom. The van der Waals surface area contributed by atoms with Crippen molar-refractivity contribution in [2.45, 2.75) is 6.92 Å². The predicted molar refractivity (Wildman–Crippen MR) is 74.9 cm³/mol. The molecule has 0 spiro atoms. The molecule has 7 heteroatoms. The summed E-state index contributed by atoms with van der Waals surface area (Å²) >= 11 is 5.75. The van der Waals surface area contributed by atoms with Crippen LogP contribution in [-0.4, -0.2) is 27.7 Å². The van der Waals surface area contributed by atoms with Crippen molar-refractivity contribution in [1.29, 1.82) is 0 Å². The highest BCUT2D eigenvalue weighted by molar-refractivity contribution is 6.33. The molecule has 0 amide bonds. The Bertz CT molecular complexity index is 617. The molecule has 0 saturated heterocycles. The first-order valence-electron chi connectivity index (χ1n) is 5.85. The van der Waals surface area contributed by atoms with E-state index in [4.69, 9.17) is 21.4 Å². The Kier molecular flexibility index (Phi) is 4.37. The van der Waals surface area contributed by atoms with Gasteiger partial charge in [-0.1, -0.05) is 11.6 Å². The van der Waals surface area contributed by atoms with Crippen molar-refractivity contribution in [1.82, 2.24) is 9.97 Å². The highest BCUT2D eigenvalue weighted by atomic mass is 35.5. The Balaban J connectivity index is 2.17. The normalized spacial score (nSPS) is 10.1. The number of rotatable bonds is 5. The summed E-state index contributed by atoms with van der Waals surface area (Å²) in [6.07, 6.45) is 2.86. The first kappa shape index (κ1) is 14.1. The minimum absolute atomic E-state index is 0.0111. The summed E-state index contributed by atoms with van der Waals surface area (Å²) in [6, 6.07) is 4.83. The van der Waals surface area contributed by atoms with Gasteiger partial charge in [0.15, 0.2) is 0 Å². The molecule has 0 aliphatic heterocycles. The van der Waals surface area contributed by atoms with Crippen molar-refractivity contribution >= 4 is 29.1 Å². The highest BCUT2D eigenvalue weighted by Gasteiger charge is 2.10.